The van der Waals surface area contributed by atoms with E-state index in [1.807, 2.05) is 24.4 Å². The molecular weight excluding hydrogens is 361 g/mol. The van der Waals surface area contributed by atoms with Crippen LogP contribution in [0.1, 0.15) is 19.3 Å². The number of aromatic nitrogens is 1. The number of piperazine rings is 1. The Bertz CT molecular complexity index is 507. The normalized spacial score (nSPS) is 18.7. The quantitative estimate of drug-likeness (QED) is 0.734. The van der Waals surface area contributed by atoms with Crippen molar-refractivity contribution < 1.29 is 4.79 Å². The fraction of sp³-hybridized carbons (Fsp3) is 0.647. The smallest absolute Gasteiger partial charge is 0.221 e. The standard InChI is InChI=1S/C17H27N5O.2ClH/c18-15(14-4-5-14)13-20-17(23)6-8-21-9-11-22(12-10-21)16-3-1-2-7-19-16;;/h1-3,7,14-15H,4-6,8-13,18H2,(H,20,23);2*1H. The van der Waals surface area contributed by atoms with Gasteiger partial charge in [0.1, 0.15) is 5.82 Å². The molecule has 6 nitrogen and oxygen atoms in total. The molecule has 0 aromatic carbocycles. The maximum absolute atomic E-state index is 11.9. The lowest BCUT2D eigenvalue weighted by Gasteiger charge is -2.35. The Balaban J connectivity index is 0.00000156. The van der Waals surface area contributed by atoms with Crippen molar-refractivity contribution >= 4 is 36.5 Å². The van der Waals surface area contributed by atoms with Gasteiger partial charge >= 0.3 is 0 Å². The van der Waals surface area contributed by atoms with Crippen LogP contribution in [0.15, 0.2) is 24.4 Å². The second-order valence-electron chi connectivity index (χ2n) is 6.57. The van der Waals surface area contributed by atoms with Crippen LogP contribution in [0.25, 0.3) is 0 Å². The van der Waals surface area contributed by atoms with E-state index in [2.05, 4.69) is 20.1 Å². The molecule has 1 saturated heterocycles. The summed E-state index contributed by atoms with van der Waals surface area (Å²) < 4.78 is 0. The van der Waals surface area contributed by atoms with E-state index < -0.39 is 0 Å². The van der Waals surface area contributed by atoms with E-state index in [0.29, 0.717) is 18.9 Å². The SMILES string of the molecule is Cl.Cl.NC(CNC(=O)CCN1CCN(c2ccccn2)CC1)C1CC1. The summed E-state index contributed by atoms with van der Waals surface area (Å²) >= 11 is 0. The third kappa shape index (κ3) is 6.98. The minimum absolute atomic E-state index is 0. The van der Waals surface area contributed by atoms with Crippen LogP contribution in [0.4, 0.5) is 5.82 Å². The van der Waals surface area contributed by atoms with E-state index in [9.17, 15) is 4.79 Å². The van der Waals surface area contributed by atoms with E-state index in [0.717, 1.165) is 38.5 Å². The molecule has 1 unspecified atom stereocenters. The lowest BCUT2D eigenvalue weighted by molar-refractivity contribution is -0.121. The van der Waals surface area contributed by atoms with E-state index >= 15 is 0 Å². The summed E-state index contributed by atoms with van der Waals surface area (Å²) in [6, 6.07) is 6.14. The van der Waals surface area contributed by atoms with Crippen LogP contribution in [-0.4, -0.2) is 61.1 Å². The highest BCUT2D eigenvalue weighted by Gasteiger charge is 2.28. The third-order valence-electron chi connectivity index (χ3n) is 4.76. The number of carbonyl (C=O) groups excluding carboxylic acids is 1. The van der Waals surface area contributed by atoms with Gasteiger partial charge in [0, 0.05) is 57.9 Å². The number of nitrogens with one attached hydrogen (secondary N) is 1. The highest BCUT2D eigenvalue weighted by molar-refractivity contribution is 5.85. The first-order valence-electron chi connectivity index (χ1n) is 8.63. The number of carbonyl (C=O) groups is 1. The molecule has 25 heavy (non-hydrogen) atoms. The van der Waals surface area contributed by atoms with Gasteiger partial charge in [0.05, 0.1) is 0 Å². The minimum atomic E-state index is 0. The first-order chi connectivity index (χ1) is 11.2. The molecular formula is C17H29Cl2N5O. The monoisotopic (exact) mass is 389 g/mol. The molecule has 1 atom stereocenters. The van der Waals surface area contributed by atoms with Crippen LogP contribution in [0.2, 0.25) is 0 Å². The summed E-state index contributed by atoms with van der Waals surface area (Å²) in [6.45, 7) is 5.32. The zero-order valence-corrected chi connectivity index (χ0v) is 16.1. The number of anilines is 1. The fourth-order valence-electron chi connectivity index (χ4n) is 3.01. The van der Waals surface area contributed by atoms with Crippen molar-refractivity contribution in [2.75, 3.05) is 44.2 Å². The van der Waals surface area contributed by atoms with Gasteiger partial charge in [-0.05, 0) is 30.9 Å². The minimum Gasteiger partial charge on any atom is -0.354 e. The molecule has 0 radical (unpaired) electrons. The van der Waals surface area contributed by atoms with E-state index in [1.54, 1.807) is 0 Å². The third-order valence-corrected chi connectivity index (χ3v) is 4.76. The van der Waals surface area contributed by atoms with Gasteiger partial charge in [-0.1, -0.05) is 6.07 Å². The Kier molecular flexibility index (Phi) is 9.50. The van der Waals surface area contributed by atoms with Gasteiger partial charge in [0.15, 0.2) is 0 Å². The average molecular weight is 390 g/mol. The highest BCUT2D eigenvalue weighted by atomic mass is 35.5. The summed E-state index contributed by atoms with van der Waals surface area (Å²) in [5.74, 6) is 1.79. The summed E-state index contributed by atoms with van der Waals surface area (Å²) in [4.78, 5) is 20.9. The number of rotatable bonds is 7. The largest absolute Gasteiger partial charge is 0.354 e. The Morgan fingerprint density at radius 2 is 1.96 bits per heavy atom. The van der Waals surface area contributed by atoms with Crippen molar-refractivity contribution in [3.05, 3.63) is 24.4 Å². The van der Waals surface area contributed by atoms with Gasteiger partial charge in [0.2, 0.25) is 5.91 Å². The summed E-state index contributed by atoms with van der Waals surface area (Å²) in [5.41, 5.74) is 6.00. The lowest BCUT2D eigenvalue weighted by Crippen LogP contribution is -2.47. The molecule has 1 amide bonds. The number of hydrogen-bond donors (Lipinski definition) is 2. The number of pyridine rings is 1. The first kappa shape index (κ1) is 22.0. The van der Waals surface area contributed by atoms with Crippen LogP contribution in [0.5, 0.6) is 0 Å². The average Bonchev–Trinajstić information content (AvgIpc) is 3.44. The van der Waals surface area contributed by atoms with Gasteiger partial charge in [-0.25, -0.2) is 4.98 Å². The van der Waals surface area contributed by atoms with Crippen molar-refractivity contribution in [3.8, 4) is 0 Å². The maximum Gasteiger partial charge on any atom is 0.221 e. The Morgan fingerprint density at radius 1 is 1.24 bits per heavy atom. The predicted octanol–water partition coefficient (Wildman–Crippen LogP) is 1.29. The molecule has 1 aliphatic heterocycles. The molecule has 1 aromatic heterocycles. The summed E-state index contributed by atoms with van der Waals surface area (Å²) in [7, 11) is 0. The molecule has 0 bridgehead atoms. The second kappa shape index (κ2) is 10.8. The van der Waals surface area contributed by atoms with E-state index in [1.165, 1.54) is 12.8 Å². The van der Waals surface area contributed by atoms with Gasteiger partial charge in [-0.3, -0.25) is 9.69 Å². The molecule has 2 aliphatic rings. The Morgan fingerprint density at radius 3 is 2.56 bits per heavy atom. The Hall–Kier alpha value is -1.08. The molecule has 142 valence electrons. The molecule has 8 heteroatoms. The second-order valence-corrected chi connectivity index (χ2v) is 6.57. The van der Waals surface area contributed by atoms with Crippen LogP contribution < -0.4 is 16.0 Å². The van der Waals surface area contributed by atoms with Gasteiger partial charge < -0.3 is 16.0 Å². The molecule has 1 aromatic rings. The van der Waals surface area contributed by atoms with Crippen molar-refractivity contribution in [2.45, 2.75) is 25.3 Å². The number of halogens is 2. The van der Waals surface area contributed by atoms with E-state index in [-0.39, 0.29) is 36.8 Å². The van der Waals surface area contributed by atoms with E-state index in [4.69, 9.17) is 5.73 Å². The number of amides is 1. The van der Waals surface area contributed by atoms with Crippen molar-refractivity contribution in [1.29, 1.82) is 0 Å². The van der Waals surface area contributed by atoms with Crippen molar-refractivity contribution in [2.24, 2.45) is 11.7 Å². The highest BCUT2D eigenvalue weighted by Crippen LogP contribution is 2.31. The van der Waals surface area contributed by atoms with Crippen molar-refractivity contribution in [3.63, 3.8) is 0 Å². The van der Waals surface area contributed by atoms with Crippen molar-refractivity contribution in [1.82, 2.24) is 15.2 Å². The van der Waals surface area contributed by atoms with Crippen LogP contribution in [-0.2, 0) is 4.79 Å². The van der Waals surface area contributed by atoms with Gasteiger partial charge in [-0.2, -0.15) is 0 Å². The maximum atomic E-state index is 11.9. The number of nitrogens with zero attached hydrogens (tertiary/aromatic N) is 3. The molecule has 2 fully saturated rings. The molecule has 1 aliphatic carbocycles. The fourth-order valence-corrected chi connectivity index (χ4v) is 3.01. The van der Waals surface area contributed by atoms with Crippen LogP contribution >= 0.6 is 24.8 Å². The van der Waals surface area contributed by atoms with Gasteiger partial charge in [0.25, 0.3) is 0 Å². The molecule has 1 saturated carbocycles. The number of hydrogen-bond acceptors (Lipinski definition) is 5. The summed E-state index contributed by atoms with van der Waals surface area (Å²) in [6.07, 6.45) is 4.83. The lowest BCUT2D eigenvalue weighted by atomic mass is 10.2. The zero-order valence-electron chi connectivity index (χ0n) is 14.5. The molecule has 0 spiro atoms. The first-order valence-corrected chi connectivity index (χ1v) is 8.63. The zero-order chi connectivity index (χ0) is 16.1. The molecule has 3 N–H and O–H groups in total. The Labute approximate surface area is 162 Å². The molecule has 3 rings (SSSR count). The topological polar surface area (TPSA) is 74.5 Å². The van der Waals surface area contributed by atoms with Gasteiger partial charge in [-0.15, -0.1) is 24.8 Å². The predicted molar refractivity (Wildman–Crippen MR) is 106 cm³/mol. The van der Waals surface area contributed by atoms with Crippen LogP contribution in [0, 0.1) is 5.92 Å². The van der Waals surface area contributed by atoms with Crippen LogP contribution in [0.3, 0.4) is 0 Å². The summed E-state index contributed by atoms with van der Waals surface area (Å²) in [5, 5.41) is 2.97. The molecule has 2 heterocycles. The number of nitrogens with two attached hydrogens (primary N) is 1.